The van der Waals surface area contributed by atoms with Crippen molar-refractivity contribution in [2.45, 2.75) is 6.92 Å². The van der Waals surface area contributed by atoms with E-state index in [0.717, 1.165) is 56.3 Å². The maximum atomic E-state index is 8.23. The molecule has 1 aliphatic rings. The molecule has 0 radical (unpaired) electrons. The van der Waals surface area contributed by atoms with Gasteiger partial charge in [0, 0.05) is 0 Å². The number of ether oxygens (including phenoxy) is 1. The monoisotopic (exact) mass is 455 g/mol. The molecule has 7 rings (SSSR count). The zero-order valence-electron chi connectivity index (χ0n) is 23.9. The van der Waals surface area contributed by atoms with Gasteiger partial charge in [0.05, 0.1) is 18.1 Å². The molecule has 0 spiro atoms. The number of nitrogens with zero attached hydrogens (tertiary/aromatic N) is 2. The highest BCUT2D eigenvalue weighted by atomic mass is 16.5. The van der Waals surface area contributed by atoms with Gasteiger partial charge >= 0.3 is 0 Å². The Hall–Kier alpha value is -4.63. The van der Waals surface area contributed by atoms with E-state index >= 15 is 0 Å². The van der Waals surface area contributed by atoms with E-state index in [0.29, 0.717) is 5.56 Å². The lowest BCUT2D eigenvalue weighted by Gasteiger charge is -2.21. The minimum atomic E-state index is -0.389. The molecule has 1 aliphatic heterocycles. The number of aryl methyl sites for hydroxylation is 1. The van der Waals surface area contributed by atoms with Gasteiger partial charge in [0.1, 0.15) is 11.3 Å². The Labute approximate surface area is 210 Å². The zero-order chi connectivity index (χ0) is 27.7. The maximum Gasteiger partial charge on any atom is 0.153 e. The minimum Gasteiger partial charge on any atom is -0.453 e. The van der Waals surface area contributed by atoms with E-state index in [4.69, 9.17) is 11.6 Å². The zero-order valence-corrected chi connectivity index (χ0v) is 18.9. The molecule has 3 nitrogen and oxygen atoms in total. The highest BCUT2D eigenvalue weighted by Gasteiger charge is 2.23. The van der Waals surface area contributed by atoms with Crippen LogP contribution in [-0.4, -0.2) is 9.55 Å². The molecule has 1 aromatic heterocycles. The fraction of sp³-hybridized carbons (Fsp3) is 0.0312. The predicted molar refractivity (Wildman–Crippen MR) is 142 cm³/mol. The van der Waals surface area contributed by atoms with Gasteiger partial charge in [-0.3, -0.25) is 4.57 Å². The number of rotatable bonds is 3. The molecule has 35 heavy (non-hydrogen) atoms. The number of hydrogen-bond donors (Lipinski definition) is 0. The van der Waals surface area contributed by atoms with Crippen molar-refractivity contribution in [3.8, 4) is 50.6 Å². The van der Waals surface area contributed by atoms with Crippen LogP contribution in [0.15, 0.2) is 115 Å². The Kier molecular flexibility index (Phi) is 3.37. The van der Waals surface area contributed by atoms with Crippen molar-refractivity contribution in [1.82, 2.24) is 9.55 Å². The van der Waals surface area contributed by atoms with E-state index in [1.54, 1.807) is 12.1 Å². The summed E-state index contributed by atoms with van der Waals surface area (Å²) in [6.45, 7) is 2.00. The lowest BCUT2D eigenvalue weighted by molar-refractivity contribution is 0.475. The summed E-state index contributed by atoms with van der Waals surface area (Å²) in [6.07, 6.45) is 0. The van der Waals surface area contributed by atoms with Crippen molar-refractivity contribution >= 4 is 11.0 Å². The fourth-order valence-electron chi connectivity index (χ4n) is 4.75. The molecule has 6 aromatic rings. The number of aromatic nitrogens is 2. The molecule has 3 heteroatoms. The molecule has 0 unspecified atom stereocenters. The molecule has 166 valence electrons. The average molecular weight is 456 g/mol. The van der Waals surface area contributed by atoms with E-state index in [2.05, 4.69) is 39.9 Å². The smallest absolute Gasteiger partial charge is 0.153 e. The lowest BCUT2D eigenvalue weighted by atomic mass is 9.98. The van der Waals surface area contributed by atoms with Crippen molar-refractivity contribution < 1.29 is 11.6 Å². The van der Waals surface area contributed by atoms with Crippen molar-refractivity contribution in [2.24, 2.45) is 0 Å². The van der Waals surface area contributed by atoms with E-state index in [1.165, 1.54) is 0 Å². The van der Waals surface area contributed by atoms with Gasteiger partial charge in [-0.1, -0.05) is 90.9 Å². The van der Waals surface area contributed by atoms with Crippen LogP contribution in [0.3, 0.4) is 0 Å². The van der Waals surface area contributed by atoms with Gasteiger partial charge < -0.3 is 4.74 Å². The first kappa shape index (κ1) is 15.3. The van der Waals surface area contributed by atoms with Crippen molar-refractivity contribution in [2.75, 3.05) is 0 Å². The third kappa shape index (κ3) is 3.24. The maximum absolute atomic E-state index is 8.23. The minimum absolute atomic E-state index is 0.201. The van der Waals surface area contributed by atoms with Gasteiger partial charge in [-0.05, 0) is 64.6 Å². The Morgan fingerprint density at radius 1 is 0.657 bits per heavy atom. The Morgan fingerprint density at radius 3 is 1.94 bits per heavy atom. The molecule has 5 aromatic carbocycles. The Bertz CT molecular complexity index is 1950. The summed E-state index contributed by atoms with van der Waals surface area (Å²) >= 11 is 0. The molecule has 0 saturated heterocycles. The summed E-state index contributed by atoms with van der Waals surface area (Å²) in [5.41, 5.74) is 7.73. The number of imidazole rings is 1. The molecule has 0 atom stereocenters. The Balaban J connectivity index is 1.19. The predicted octanol–water partition coefficient (Wildman–Crippen LogP) is 8.44. The number of hydrogen-bond acceptors (Lipinski definition) is 2. The second kappa shape index (κ2) is 7.71. The third-order valence-electron chi connectivity index (χ3n) is 6.45. The van der Waals surface area contributed by atoms with Crippen LogP contribution in [0.4, 0.5) is 0 Å². The highest BCUT2D eigenvalue weighted by molar-refractivity contribution is 5.88. The first-order valence-corrected chi connectivity index (χ1v) is 11.4. The topological polar surface area (TPSA) is 27.1 Å². The summed E-state index contributed by atoms with van der Waals surface area (Å²) < 4.78 is 48.6. The molecule has 0 fully saturated rings. The fourth-order valence-corrected chi connectivity index (χ4v) is 4.75. The van der Waals surface area contributed by atoms with E-state index in [-0.39, 0.29) is 35.8 Å². The van der Waals surface area contributed by atoms with Gasteiger partial charge in [0.25, 0.3) is 0 Å². The SMILES string of the molecule is [2H]c1c([2H])c([2H])c(-c2ccc(-c3ccc(-c4ccc5c(c4)Oc4cccc6nc(C)n-5c46)cc3)cc2)c([2H])c1[2H]. The van der Waals surface area contributed by atoms with E-state index in [1.807, 2.05) is 49.4 Å². The van der Waals surface area contributed by atoms with Gasteiger partial charge in [-0.2, -0.15) is 0 Å². The van der Waals surface area contributed by atoms with E-state index in [9.17, 15) is 0 Å². The number of benzene rings is 5. The lowest BCUT2D eigenvalue weighted by Crippen LogP contribution is -2.05. The third-order valence-corrected chi connectivity index (χ3v) is 6.45. The molecule has 0 saturated carbocycles. The van der Waals surface area contributed by atoms with Crippen molar-refractivity contribution in [3.05, 3.63) is 121 Å². The van der Waals surface area contributed by atoms with Crippen LogP contribution in [0, 0.1) is 6.92 Å². The van der Waals surface area contributed by atoms with Crippen molar-refractivity contribution in [3.63, 3.8) is 0 Å². The van der Waals surface area contributed by atoms with Gasteiger partial charge in [-0.15, -0.1) is 0 Å². The standard InChI is InChI=1S/C32H22N2O/c1-21-33-28-8-5-9-30-32(28)34(21)29-19-18-27(20-31(29)35-30)26-16-14-25(15-17-26)24-12-10-23(11-13-24)22-6-3-2-4-7-22/h2-20H,1H3/i2D,3D,4D,6D,7D. The summed E-state index contributed by atoms with van der Waals surface area (Å²) in [5.74, 6) is 2.50. The first-order valence-electron chi connectivity index (χ1n) is 13.9. The van der Waals surface area contributed by atoms with Crippen LogP contribution in [0.25, 0.3) is 50.1 Å². The summed E-state index contributed by atoms with van der Waals surface area (Å²) in [5, 5.41) is 0. The largest absolute Gasteiger partial charge is 0.453 e. The highest BCUT2D eigenvalue weighted by Crippen LogP contribution is 2.42. The first-order chi connectivity index (χ1) is 19.3. The molecule has 0 amide bonds. The van der Waals surface area contributed by atoms with Gasteiger partial charge in [0.15, 0.2) is 11.5 Å². The van der Waals surface area contributed by atoms with Gasteiger partial charge in [0.2, 0.25) is 0 Å². The summed E-state index contributed by atoms with van der Waals surface area (Å²) in [4.78, 5) is 4.69. The molecular weight excluding hydrogens is 428 g/mol. The van der Waals surface area contributed by atoms with Crippen LogP contribution in [0.2, 0.25) is 0 Å². The average Bonchev–Trinajstić information content (AvgIpc) is 3.32. The van der Waals surface area contributed by atoms with E-state index < -0.39 is 0 Å². The Morgan fingerprint density at radius 2 is 1.26 bits per heavy atom. The molecular formula is C32H22N2O. The summed E-state index contributed by atoms with van der Waals surface area (Å²) in [6, 6.07) is 26.3. The summed E-state index contributed by atoms with van der Waals surface area (Å²) in [7, 11) is 0. The van der Waals surface area contributed by atoms with Crippen LogP contribution in [-0.2, 0) is 0 Å². The van der Waals surface area contributed by atoms with Crippen molar-refractivity contribution in [1.29, 1.82) is 0 Å². The molecule has 0 aliphatic carbocycles. The molecule has 0 bridgehead atoms. The number of para-hydroxylation sites is 1. The quantitative estimate of drug-likeness (QED) is 0.267. The van der Waals surface area contributed by atoms with Crippen LogP contribution >= 0.6 is 0 Å². The van der Waals surface area contributed by atoms with Crippen LogP contribution in [0.1, 0.15) is 12.7 Å². The van der Waals surface area contributed by atoms with Crippen LogP contribution in [0.5, 0.6) is 11.5 Å². The number of fused-ring (bicyclic) bond motifs is 2. The normalized spacial score (nSPS) is 13.8. The molecule has 2 heterocycles. The second-order valence-electron chi connectivity index (χ2n) is 8.56. The molecule has 0 N–H and O–H groups in total. The van der Waals surface area contributed by atoms with Gasteiger partial charge in [-0.25, -0.2) is 4.98 Å². The second-order valence-corrected chi connectivity index (χ2v) is 8.56. The van der Waals surface area contributed by atoms with Crippen LogP contribution < -0.4 is 4.74 Å².